The van der Waals surface area contributed by atoms with E-state index in [1.165, 1.54) is 0 Å². The van der Waals surface area contributed by atoms with E-state index in [2.05, 4.69) is 12.2 Å². The highest BCUT2D eigenvalue weighted by Gasteiger charge is 2.33. The monoisotopic (exact) mass is 261 g/mol. The lowest BCUT2D eigenvalue weighted by Crippen LogP contribution is -2.51. The molecule has 0 fully saturated rings. The summed E-state index contributed by atoms with van der Waals surface area (Å²) in [6.07, 6.45) is 1.31. The molecule has 0 rings (SSSR count). The Balaban J connectivity index is 3.95. The largest absolute Gasteiger partial charge is 0.480 e. The highest BCUT2D eigenvalue weighted by atomic mass is 16.5. The molecular formula is C13H27NO4. The fourth-order valence-corrected chi connectivity index (χ4v) is 1.81. The number of hydrogen-bond donors (Lipinski definition) is 2. The van der Waals surface area contributed by atoms with Gasteiger partial charge in [-0.3, -0.25) is 4.79 Å². The van der Waals surface area contributed by atoms with Crippen LogP contribution in [0, 0.1) is 0 Å². The minimum atomic E-state index is -0.932. The van der Waals surface area contributed by atoms with E-state index in [1.54, 1.807) is 6.92 Å². The topological polar surface area (TPSA) is 67.8 Å². The maximum atomic E-state index is 11.2. The fraction of sp³-hybridized carbons (Fsp3) is 0.923. The lowest BCUT2D eigenvalue weighted by molar-refractivity contribution is -0.146. The van der Waals surface area contributed by atoms with Crippen LogP contribution in [-0.4, -0.2) is 49.1 Å². The number of hydrogen-bond acceptors (Lipinski definition) is 4. The van der Waals surface area contributed by atoms with E-state index in [0.29, 0.717) is 26.2 Å². The van der Waals surface area contributed by atoms with Crippen molar-refractivity contribution in [1.82, 2.24) is 5.32 Å². The van der Waals surface area contributed by atoms with Crippen LogP contribution in [0.15, 0.2) is 0 Å². The van der Waals surface area contributed by atoms with Gasteiger partial charge in [0, 0.05) is 13.0 Å². The Morgan fingerprint density at radius 3 is 2.50 bits per heavy atom. The number of likely N-dealkylation sites (N-methyl/N-ethyl adjacent to an activating group) is 1. The number of aliphatic carboxylic acids is 1. The molecule has 0 spiro atoms. The molecule has 0 aliphatic carbocycles. The summed E-state index contributed by atoms with van der Waals surface area (Å²) in [6, 6.07) is 0. The van der Waals surface area contributed by atoms with Crippen molar-refractivity contribution in [2.75, 3.05) is 26.4 Å². The third-order valence-electron chi connectivity index (χ3n) is 2.71. The first-order valence-corrected chi connectivity index (χ1v) is 6.64. The molecule has 0 aromatic carbocycles. The van der Waals surface area contributed by atoms with E-state index >= 15 is 0 Å². The third-order valence-corrected chi connectivity index (χ3v) is 2.71. The normalized spacial score (nSPS) is 16.2. The van der Waals surface area contributed by atoms with Crippen molar-refractivity contribution in [3.63, 3.8) is 0 Å². The number of nitrogens with one attached hydrogen (secondary N) is 1. The molecule has 18 heavy (non-hydrogen) atoms. The molecule has 0 aliphatic rings. The summed E-state index contributed by atoms with van der Waals surface area (Å²) >= 11 is 0. The van der Waals surface area contributed by atoms with E-state index in [9.17, 15) is 9.90 Å². The Morgan fingerprint density at radius 2 is 2.00 bits per heavy atom. The molecule has 0 bridgehead atoms. The minimum Gasteiger partial charge on any atom is -0.480 e. The third kappa shape index (κ3) is 6.93. The van der Waals surface area contributed by atoms with Gasteiger partial charge in [0.15, 0.2) is 0 Å². The molecule has 0 aliphatic heterocycles. The second kappa shape index (κ2) is 9.30. The maximum absolute atomic E-state index is 11.2. The quantitative estimate of drug-likeness (QED) is 0.554. The summed E-state index contributed by atoms with van der Waals surface area (Å²) in [5.41, 5.74) is -0.932. The van der Waals surface area contributed by atoms with Crippen LogP contribution in [0.2, 0.25) is 0 Å². The van der Waals surface area contributed by atoms with Gasteiger partial charge in [0.25, 0.3) is 0 Å². The molecule has 5 heteroatoms. The van der Waals surface area contributed by atoms with E-state index in [4.69, 9.17) is 9.47 Å². The molecule has 2 N–H and O–H groups in total. The Bertz CT molecular complexity index is 235. The molecule has 5 nitrogen and oxygen atoms in total. The molecule has 108 valence electrons. The zero-order chi connectivity index (χ0) is 14.0. The standard InChI is InChI=1S/C13H27NO4/c1-5-7-17-8-9-18-11(3)10-13(4,12(15)16)14-6-2/h11,14H,5-10H2,1-4H3,(H,15,16). The van der Waals surface area contributed by atoms with Crippen molar-refractivity contribution in [3.8, 4) is 0 Å². The van der Waals surface area contributed by atoms with Crippen LogP contribution in [-0.2, 0) is 14.3 Å². The number of carboxylic acid groups (broad SMARTS) is 1. The predicted molar refractivity (Wildman–Crippen MR) is 70.9 cm³/mol. The van der Waals surface area contributed by atoms with Crippen LogP contribution in [0.4, 0.5) is 0 Å². The Morgan fingerprint density at radius 1 is 1.33 bits per heavy atom. The Labute approximate surface area is 110 Å². The van der Waals surface area contributed by atoms with Crippen LogP contribution in [0.5, 0.6) is 0 Å². The highest BCUT2D eigenvalue weighted by Crippen LogP contribution is 2.15. The Hall–Kier alpha value is -0.650. The van der Waals surface area contributed by atoms with E-state index < -0.39 is 11.5 Å². The zero-order valence-corrected chi connectivity index (χ0v) is 12.0. The van der Waals surface area contributed by atoms with Gasteiger partial charge in [-0.25, -0.2) is 0 Å². The number of carboxylic acids is 1. The average Bonchev–Trinajstić information content (AvgIpc) is 2.28. The Kier molecular flexibility index (Phi) is 8.97. The van der Waals surface area contributed by atoms with Gasteiger partial charge < -0.3 is 19.9 Å². The van der Waals surface area contributed by atoms with E-state index in [1.807, 2.05) is 13.8 Å². The maximum Gasteiger partial charge on any atom is 0.323 e. The van der Waals surface area contributed by atoms with E-state index in [-0.39, 0.29) is 6.10 Å². The molecule has 0 radical (unpaired) electrons. The first-order chi connectivity index (χ1) is 8.46. The number of carbonyl (C=O) groups is 1. The smallest absolute Gasteiger partial charge is 0.323 e. The van der Waals surface area contributed by atoms with Gasteiger partial charge in [-0.05, 0) is 26.8 Å². The first kappa shape index (κ1) is 17.4. The first-order valence-electron chi connectivity index (χ1n) is 6.64. The molecule has 0 aromatic heterocycles. The van der Waals surface area contributed by atoms with Gasteiger partial charge in [0.1, 0.15) is 5.54 Å². The van der Waals surface area contributed by atoms with Crippen LogP contribution in [0.25, 0.3) is 0 Å². The summed E-state index contributed by atoms with van der Waals surface area (Å²) in [4.78, 5) is 11.2. The van der Waals surface area contributed by atoms with E-state index in [0.717, 1.165) is 13.0 Å². The van der Waals surface area contributed by atoms with Crippen LogP contribution >= 0.6 is 0 Å². The SMILES string of the molecule is CCCOCCOC(C)CC(C)(NCC)C(=O)O. The summed E-state index contributed by atoms with van der Waals surface area (Å²) in [7, 11) is 0. The van der Waals surface area contributed by atoms with Gasteiger partial charge in [0.05, 0.1) is 19.3 Å². The summed E-state index contributed by atoms with van der Waals surface area (Å²) in [5.74, 6) is -0.845. The number of ether oxygens (including phenoxy) is 2. The lowest BCUT2D eigenvalue weighted by Gasteiger charge is -2.28. The highest BCUT2D eigenvalue weighted by molar-refractivity contribution is 5.78. The van der Waals surface area contributed by atoms with Crippen molar-refractivity contribution in [3.05, 3.63) is 0 Å². The molecular weight excluding hydrogens is 234 g/mol. The summed E-state index contributed by atoms with van der Waals surface area (Å²) in [6.45, 7) is 9.94. The molecule has 0 heterocycles. The minimum absolute atomic E-state index is 0.115. The second-order valence-electron chi connectivity index (χ2n) is 4.67. The van der Waals surface area contributed by atoms with Gasteiger partial charge in [-0.2, -0.15) is 0 Å². The van der Waals surface area contributed by atoms with Crippen molar-refractivity contribution in [2.24, 2.45) is 0 Å². The molecule has 0 amide bonds. The van der Waals surface area contributed by atoms with Gasteiger partial charge in [-0.15, -0.1) is 0 Å². The second-order valence-corrected chi connectivity index (χ2v) is 4.67. The lowest BCUT2D eigenvalue weighted by atomic mass is 9.95. The van der Waals surface area contributed by atoms with Crippen LogP contribution in [0.1, 0.15) is 40.5 Å². The summed E-state index contributed by atoms with van der Waals surface area (Å²) < 4.78 is 10.9. The van der Waals surface area contributed by atoms with Crippen molar-refractivity contribution in [2.45, 2.75) is 52.2 Å². The summed E-state index contributed by atoms with van der Waals surface area (Å²) in [5, 5.41) is 12.2. The predicted octanol–water partition coefficient (Wildman–Crippen LogP) is 1.66. The van der Waals surface area contributed by atoms with Crippen molar-refractivity contribution < 1.29 is 19.4 Å². The molecule has 0 saturated carbocycles. The molecule has 2 unspecified atom stereocenters. The number of rotatable bonds is 11. The van der Waals surface area contributed by atoms with Crippen molar-refractivity contribution >= 4 is 5.97 Å². The molecule has 0 aromatic rings. The molecule has 2 atom stereocenters. The van der Waals surface area contributed by atoms with Gasteiger partial charge >= 0.3 is 5.97 Å². The van der Waals surface area contributed by atoms with Crippen LogP contribution in [0.3, 0.4) is 0 Å². The van der Waals surface area contributed by atoms with Gasteiger partial charge in [0.2, 0.25) is 0 Å². The zero-order valence-electron chi connectivity index (χ0n) is 12.0. The van der Waals surface area contributed by atoms with Gasteiger partial charge in [-0.1, -0.05) is 13.8 Å². The van der Waals surface area contributed by atoms with Crippen LogP contribution < -0.4 is 5.32 Å². The molecule has 0 saturated heterocycles. The van der Waals surface area contributed by atoms with Crippen molar-refractivity contribution in [1.29, 1.82) is 0 Å². The fourth-order valence-electron chi connectivity index (χ4n) is 1.81. The average molecular weight is 261 g/mol.